The smallest absolute Gasteiger partial charge is 0.169 e. The second-order valence-electron chi connectivity index (χ2n) is 1.31. The van der Waals surface area contributed by atoms with Gasteiger partial charge in [0.05, 0.1) is 0 Å². The summed E-state index contributed by atoms with van der Waals surface area (Å²) in [5.74, 6) is 0.874. The predicted molar refractivity (Wildman–Crippen MR) is 36.4 cm³/mol. The molecule has 0 aliphatic carbocycles. The maximum Gasteiger partial charge on any atom is 0.169 e. The van der Waals surface area contributed by atoms with Crippen molar-refractivity contribution in [3.05, 3.63) is 5.82 Å². The highest BCUT2D eigenvalue weighted by Crippen LogP contribution is 2.15. The van der Waals surface area contributed by atoms with E-state index in [2.05, 4.69) is 9.36 Å². The van der Waals surface area contributed by atoms with Gasteiger partial charge >= 0.3 is 0 Å². The van der Waals surface area contributed by atoms with E-state index in [0.717, 1.165) is 10.2 Å². The first-order chi connectivity index (χ1) is 3.83. The van der Waals surface area contributed by atoms with E-state index in [1.165, 1.54) is 11.5 Å². The average Bonchev–Trinajstić information content (AvgIpc) is 2.14. The van der Waals surface area contributed by atoms with Crippen molar-refractivity contribution in [2.45, 2.75) is 11.3 Å². The Hall–Kier alpha value is -0.0900. The molecule has 4 heteroatoms. The number of aryl methyl sites for hydroxylation is 1. The largest absolute Gasteiger partial charge is 0.213 e. The van der Waals surface area contributed by atoms with Crippen LogP contribution in [0.2, 0.25) is 0 Å². The molecule has 0 aliphatic heterocycles. The van der Waals surface area contributed by atoms with Crippen LogP contribution < -0.4 is 0 Å². The Bertz CT molecular complexity index is 172. The number of hydrogen-bond acceptors (Lipinski definition) is 4. The molecule has 1 aromatic heterocycles. The maximum atomic E-state index is 4.10. The van der Waals surface area contributed by atoms with Gasteiger partial charge in [0.15, 0.2) is 4.34 Å². The Balaban J connectivity index is 2.84. The van der Waals surface area contributed by atoms with E-state index in [9.17, 15) is 0 Å². The van der Waals surface area contributed by atoms with E-state index < -0.39 is 0 Å². The van der Waals surface area contributed by atoms with Gasteiger partial charge in [-0.1, -0.05) is 11.8 Å². The first kappa shape index (κ1) is 6.04. The van der Waals surface area contributed by atoms with E-state index in [-0.39, 0.29) is 0 Å². The van der Waals surface area contributed by atoms with Crippen LogP contribution in [0.5, 0.6) is 0 Å². The maximum absolute atomic E-state index is 4.10. The first-order valence-corrected chi connectivity index (χ1v) is 4.17. The first-order valence-electron chi connectivity index (χ1n) is 2.17. The van der Waals surface area contributed by atoms with Crippen LogP contribution >= 0.6 is 23.3 Å². The minimum Gasteiger partial charge on any atom is -0.213 e. The van der Waals surface area contributed by atoms with Crippen molar-refractivity contribution in [1.82, 2.24) is 9.36 Å². The van der Waals surface area contributed by atoms with E-state index in [1.54, 1.807) is 11.8 Å². The molecule has 0 bridgehead atoms. The molecule has 0 saturated heterocycles. The number of rotatable bonds is 1. The molecule has 0 aromatic carbocycles. The number of aromatic nitrogens is 2. The van der Waals surface area contributed by atoms with Crippen LogP contribution in [0.25, 0.3) is 0 Å². The molecule has 44 valence electrons. The lowest BCUT2D eigenvalue weighted by molar-refractivity contribution is 1.10. The van der Waals surface area contributed by atoms with Gasteiger partial charge in [-0.25, -0.2) is 4.98 Å². The van der Waals surface area contributed by atoms with Crippen molar-refractivity contribution in [1.29, 1.82) is 0 Å². The zero-order chi connectivity index (χ0) is 5.98. The van der Waals surface area contributed by atoms with Gasteiger partial charge in [0.25, 0.3) is 0 Å². The average molecular weight is 146 g/mol. The molecule has 0 saturated carbocycles. The van der Waals surface area contributed by atoms with Crippen molar-refractivity contribution in [2.24, 2.45) is 0 Å². The zero-order valence-electron chi connectivity index (χ0n) is 4.71. The van der Waals surface area contributed by atoms with E-state index in [1.807, 2.05) is 13.2 Å². The monoisotopic (exact) mass is 146 g/mol. The Kier molecular flexibility index (Phi) is 1.85. The second kappa shape index (κ2) is 2.46. The SMILES string of the molecule is CSc1nc(C)ns1. The number of thioether (sulfide) groups is 1. The summed E-state index contributed by atoms with van der Waals surface area (Å²) >= 11 is 3.09. The van der Waals surface area contributed by atoms with Crippen molar-refractivity contribution in [3.63, 3.8) is 0 Å². The Labute approximate surface area is 56.5 Å². The molecule has 0 aliphatic rings. The fourth-order valence-corrected chi connectivity index (χ4v) is 1.42. The summed E-state index contributed by atoms with van der Waals surface area (Å²) in [5.41, 5.74) is 0. The third-order valence-electron chi connectivity index (χ3n) is 0.684. The quantitative estimate of drug-likeness (QED) is 0.562. The van der Waals surface area contributed by atoms with Crippen LogP contribution in [0.4, 0.5) is 0 Å². The molecule has 8 heavy (non-hydrogen) atoms. The van der Waals surface area contributed by atoms with E-state index >= 15 is 0 Å². The summed E-state index contributed by atoms with van der Waals surface area (Å²) in [6, 6.07) is 0. The van der Waals surface area contributed by atoms with Gasteiger partial charge in [0.2, 0.25) is 0 Å². The molecule has 1 rings (SSSR count). The third kappa shape index (κ3) is 1.20. The molecular weight excluding hydrogens is 140 g/mol. The molecule has 0 amide bonds. The standard InChI is InChI=1S/C4H6N2S2/c1-3-5-4(7-2)8-6-3/h1-2H3. The summed E-state index contributed by atoms with van der Waals surface area (Å²) in [6.07, 6.45) is 2.00. The lowest BCUT2D eigenvalue weighted by Gasteiger charge is -1.76. The van der Waals surface area contributed by atoms with Crippen LogP contribution in [0.3, 0.4) is 0 Å². The highest BCUT2D eigenvalue weighted by Gasteiger charge is 1.93. The molecule has 0 N–H and O–H groups in total. The topological polar surface area (TPSA) is 25.8 Å². The van der Waals surface area contributed by atoms with Crippen molar-refractivity contribution >= 4 is 23.3 Å². The normalized spacial score (nSPS) is 9.75. The molecular formula is C4H6N2S2. The van der Waals surface area contributed by atoms with Gasteiger partial charge < -0.3 is 0 Å². The highest BCUT2D eigenvalue weighted by molar-refractivity contribution is 8.00. The molecule has 1 heterocycles. The van der Waals surface area contributed by atoms with Gasteiger partial charge in [-0.15, -0.1) is 0 Å². The van der Waals surface area contributed by atoms with E-state index in [0.29, 0.717) is 0 Å². The third-order valence-corrected chi connectivity index (χ3v) is 2.45. The van der Waals surface area contributed by atoms with Crippen molar-refractivity contribution < 1.29 is 0 Å². The summed E-state index contributed by atoms with van der Waals surface area (Å²) in [6.45, 7) is 1.90. The summed E-state index contributed by atoms with van der Waals surface area (Å²) in [5, 5.41) is 0. The molecule has 2 nitrogen and oxygen atoms in total. The van der Waals surface area contributed by atoms with Gasteiger partial charge in [0.1, 0.15) is 5.82 Å². The van der Waals surface area contributed by atoms with Crippen LogP contribution in [0.1, 0.15) is 5.82 Å². The van der Waals surface area contributed by atoms with Crippen LogP contribution in [-0.4, -0.2) is 15.6 Å². The molecule has 0 unspecified atom stereocenters. The zero-order valence-corrected chi connectivity index (χ0v) is 6.34. The molecule has 0 fully saturated rings. The minimum atomic E-state index is 0.874. The van der Waals surface area contributed by atoms with Gasteiger partial charge in [-0.3, -0.25) is 0 Å². The summed E-state index contributed by atoms with van der Waals surface area (Å²) in [4.78, 5) is 4.10. The summed E-state index contributed by atoms with van der Waals surface area (Å²) in [7, 11) is 0. The van der Waals surface area contributed by atoms with Crippen molar-refractivity contribution in [3.8, 4) is 0 Å². The molecule has 0 spiro atoms. The van der Waals surface area contributed by atoms with Crippen LogP contribution in [-0.2, 0) is 0 Å². The second-order valence-corrected chi connectivity index (χ2v) is 3.12. The molecule has 0 atom stereocenters. The van der Waals surface area contributed by atoms with Gasteiger partial charge in [-0.2, -0.15) is 4.37 Å². The Morgan fingerprint density at radius 2 is 2.38 bits per heavy atom. The molecule has 0 radical (unpaired) electrons. The van der Waals surface area contributed by atoms with Gasteiger partial charge in [-0.05, 0) is 24.7 Å². The van der Waals surface area contributed by atoms with Crippen molar-refractivity contribution in [2.75, 3.05) is 6.26 Å². The Morgan fingerprint density at radius 1 is 1.62 bits per heavy atom. The Morgan fingerprint density at radius 3 is 2.62 bits per heavy atom. The molecule has 1 aromatic rings. The predicted octanol–water partition coefficient (Wildman–Crippen LogP) is 1.57. The number of nitrogens with zero attached hydrogens (tertiary/aromatic N) is 2. The van der Waals surface area contributed by atoms with Gasteiger partial charge in [0, 0.05) is 0 Å². The fourth-order valence-electron chi connectivity index (χ4n) is 0.361. The van der Waals surface area contributed by atoms with E-state index in [4.69, 9.17) is 0 Å². The highest BCUT2D eigenvalue weighted by atomic mass is 32.2. The van der Waals surface area contributed by atoms with Crippen LogP contribution in [0.15, 0.2) is 4.34 Å². The fraction of sp³-hybridized carbons (Fsp3) is 0.500. The lowest BCUT2D eigenvalue weighted by atomic mass is 10.8. The van der Waals surface area contributed by atoms with Crippen LogP contribution in [0, 0.1) is 6.92 Å². The number of hydrogen-bond donors (Lipinski definition) is 0. The summed E-state index contributed by atoms with van der Waals surface area (Å²) < 4.78 is 5.04. The minimum absolute atomic E-state index is 0.874. The lowest BCUT2D eigenvalue weighted by Crippen LogP contribution is -1.69.